The molecule has 124 valence electrons. The van der Waals surface area contributed by atoms with E-state index in [1.807, 2.05) is 24.3 Å². The summed E-state index contributed by atoms with van der Waals surface area (Å²) in [5, 5.41) is 11.8. The predicted molar refractivity (Wildman–Crippen MR) is 94.0 cm³/mol. The van der Waals surface area contributed by atoms with Crippen LogP contribution in [0.1, 0.15) is 43.5 Å². The summed E-state index contributed by atoms with van der Waals surface area (Å²) in [6.45, 7) is 2.14. The molecule has 0 radical (unpaired) electrons. The zero-order valence-electron chi connectivity index (χ0n) is 13.9. The Morgan fingerprint density at radius 3 is 2.79 bits per heavy atom. The molecule has 1 aromatic heterocycles. The van der Waals surface area contributed by atoms with E-state index in [0.717, 1.165) is 36.1 Å². The van der Waals surface area contributed by atoms with Crippen molar-refractivity contribution >= 4 is 11.7 Å². The molecule has 0 saturated heterocycles. The highest BCUT2D eigenvalue weighted by molar-refractivity contribution is 6.03. The third-order valence-electron chi connectivity index (χ3n) is 3.97. The molecular formula is C19H21N3O2. The van der Waals surface area contributed by atoms with Crippen LogP contribution in [0.3, 0.4) is 0 Å². The lowest BCUT2D eigenvalue weighted by Gasteiger charge is -2.33. The summed E-state index contributed by atoms with van der Waals surface area (Å²) in [6.07, 6.45) is 4.32. The van der Waals surface area contributed by atoms with Crippen LogP contribution < -0.4 is 10.1 Å². The van der Waals surface area contributed by atoms with E-state index in [1.54, 1.807) is 24.3 Å². The summed E-state index contributed by atoms with van der Waals surface area (Å²) in [6, 6.07) is 12.7. The fourth-order valence-corrected chi connectivity index (χ4v) is 2.60. The largest absolute Gasteiger partial charge is 0.497 e. The van der Waals surface area contributed by atoms with Crippen LogP contribution >= 0.6 is 0 Å². The van der Waals surface area contributed by atoms with E-state index in [2.05, 4.69) is 24.2 Å². The maximum atomic E-state index is 8.48. The van der Waals surface area contributed by atoms with Gasteiger partial charge in [-0.3, -0.25) is 10.3 Å². The molecule has 1 unspecified atom stereocenters. The SMILES string of the molecule is CCCCC#CN1C(=N)c2ccoc2NC1c1ccc(OC)cc1. The number of nitrogens with zero attached hydrogens (tertiary/aromatic N) is 1. The van der Waals surface area contributed by atoms with Gasteiger partial charge in [0.15, 0.2) is 0 Å². The molecule has 0 bridgehead atoms. The number of unbranched alkanes of at least 4 members (excludes halogenated alkanes) is 2. The number of methoxy groups -OCH3 is 1. The summed E-state index contributed by atoms with van der Waals surface area (Å²) in [5.41, 5.74) is 1.72. The van der Waals surface area contributed by atoms with Gasteiger partial charge in [-0.25, -0.2) is 0 Å². The highest BCUT2D eigenvalue weighted by Crippen LogP contribution is 2.33. The molecule has 0 amide bonds. The van der Waals surface area contributed by atoms with Crippen LogP contribution in [0.2, 0.25) is 0 Å². The Bertz CT molecular complexity index is 768. The molecule has 1 aliphatic rings. The van der Waals surface area contributed by atoms with Crippen molar-refractivity contribution in [2.75, 3.05) is 12.4 Å². The first-order valence-electron chi connectivity index (χ1n) is 8.09. The first kappa shape index (κ1) is 16.0. The smallest absolute Gasteiger partial charge is 0.205 e. The molecule has 1 atom stereocenters. The number of hydrogen-bond acceptors (Lipinski definition) is 4. The maximum absolute atomic E-state index is 8.48. The molecule has 1 aromatic carbocycles. The van der Waals surface area contributed by atoms with E-state index < -0.39 is 0 Å². The molecule has 0 fully saturated rings. The van der Waals surface area contributed by atoms with Gasteiger partial charge < -0.3 is 14.5 Å². The highest BCUT2D eigenvalue weighted by atomic mass is 16.5. The minimum atomic E-state index is -0.267. The molecule has 0 saturated carbocycles. The van der Waals surface area contributed by atoms with E-state index in [-0.39, 0.29) is 6.17 Å². The normalized spacial score (nSPS) is 16.0. The van der Waals surface area contributed by atoms with E-state index in [0.29, 0.717) is 11.7 Å². The maximum Gasteiger partial charge on any atom is 0.205 e. The van der Waals surface area contributed by atoms with Crippen molar-refractivity contribution in [2.45, 2.75) is 32.4 Å². The Balaban J connectivity index is 1.93. The van der Waals surface area contributed by atoms with Gasteiger partial charge in [-0.1, -0.05) is 31.4 Å². The van der Waals surface area contributed by atoms with E-state index in [1.165, 1.54) is 0 Å². The van der Waals surface area contributed by atoms with Gasteiger partial charge in [0.25, 0.3) is 0 Å². The van der Waals surface area contributed by atoms with E-state index in [4.69, 9.17) is 14.6 Å². The summed E-state index contributed by atoms with van der Waals surface area (Å²) < 4.78 is 10.7. The summed E-state index contributed by atoms with van der Waals surface area (Å²) in [7, 11) is 1.64. The second-order valence-electron chi connectivity index (χ2n) is 5.59. The molecule has 24 heavy (non-hydrogen) atoms. The van der Waals surface area contributed by atoms with Crippen LogP contribution in [0.25, 0.3) is 0 Å². The first-order valence-corrected chi connectivity index (χ1v) is 8.09. The zero-order chi connectivity index (χ0) is 16.9. The van der Waals surface area contributed by atoms with Gasteiger partial charge >= 0.3 is 0 Å². The van der Waals surface area contributed by atoms with Crippen molar-refractivity contribution in [3.05, 3.63) is 47.7 Å². The van der Waals surface area contributed by atoms with Crippen LogP contribution in [0.5, 0.6) is 5.75 Å². The quantitative estimate of drug-likeness (QED) is 0.654. The minimum Gasteiger partial charge on any atom is -0.497 e. The zero-order valence-corrected chi connectivity index (χ0v) is 13.9. The van der Waals surface area contributed by atoms with Crippen molar-refractivity contribution in [3.63, 3.8) is 0 Å². The average molecular weight is 323 g/mol. The highest BCUT2D eigenvalue weighted by Gasteiger charge is 2.31. The Morgan fingerprint density at radius 2 is 2.08 bits per heavy atom. The third-order valence-corrected chi connectivity index (χ3v) is 3.97. The molecule has 5 nitrogen and oxygen atoms in total. The van der Waals surface area contributed by atoms with E-state index in [9.17, 15) is 0 Å². The second kappa shape index (κ2) is 7.14. The van der Waals surface area contributed by atoms with Gasteiger partial charge in [-0.15, -0.1) is 0 Å². The fraction of sp³-hybridized carbons (Fsp3) is 0.316. The Labute approximate surface area is 142 Å². The summed E-state index contributed by atoms with van der Waals surface area (Å²) >= 11 is 0. The molecule has 2 N–H and O–H groups in total. The topological polar surface area (TPSA) is 61.5 Å². The average Bonchev–Trinajstić information content (AvgIpc) is 3.09. The summed E-state index contributed by atoms with van der Waals surface area (Å²) in [5.74, 6) is 4.92. The molecule has 0 spiro atoms. The van der Waals surface area contributed by atoms with Crippen LogP contribution in [0.15, 0.2) is 41.0 Å². The Hall–Kier alpha value is -2.87. The number of anilines is 1. The number of furan rings is 1. The fourth-order valence-electron chi connectivity index (χ4n) is 2.60. The molecule has 5 heteroatoms. The number of hydrogen-bond donors (Lipinski definition) is 2. The van der Waals surface area contributed by atoms with Gasteiger partial charge in [0.2, 0.25) is 5.88 Å². The molecule has 2 heterocycles. The van der Waals surface area contributed by atoms with Gasteiger partial charge in [0.1, 0.15) is 17.8 Å². The number of nitrogens with one attached hydrogen (secondary N) is 2. The lowest BCUT2D eigenvalue weighted by Crippen LogP contribution is -2.39. The number of rotatable bonds is 4. The number of ether oxygens (including phenoxy) is 1. The summed E-state index contributed by atoms with van der Waals surface area (Å²) in [4.78, 5) is 1.76. The molecule has 1 aliphatic heterocycles. The Kier molecular flexibility index (Phi) is 4.76. The number of fused-ring (bicyclic) bond motifs is 1. The van der Waals surface area contributed by atoms with E-state index >= 15 is 0 Å². The lowest BCUT2D eigenvalue weighted by molar-refractivity contribution is 0.413. The van der Waals surface area contributed by atoms with Gasteiger partial charge in [-0.2, -0.15) is 0 Å². The molecular weight excluding hydrogens is 302 g/mol. The monoisotopic (exact) mass is 323 g/mol. The van der Waals surface area contributed by atoms with Gasteiger partial charge in [0, 0.05) is 12.5 Å². The number of amidine groups is 1. The minimum absolute atomic E-state index is 0.267. The van der Waals surface area contributed by atoms with Crippen LogP contribution in [0.4, 0.5) is 5.88 Å². The van der Waals surface area contributed by atoms with Crippen LogP contribution in [0, 0.1) is 17.4 Å². The third kappa shape index (κ3) is 3.09. The van der Waals surface area contributed by atoms with Gasteiger partial charge in [-0.05, 0) is 30.2 Å². The Morgan fingerprint density at radius 1 is 1.29 bits per heavy atom. The first-order chi connectivity index (χ1) is 11.7. The molecule has 2 aromatic rings. The van der Waals surface area contributed by atoms with Crippen molar-refractivity contribution in [2.24, 2.45) is 0 Å². The van der Waals surface area contributed by atoms with Crippen molar-refractivity contribution < 1.29 is 9.15 Å². The van der Waals surface area contributed by atoms with Gasteiger partial charge in [0.05, 0.1) is 18.9 Å². The van der Waals surface area contributed by atoms with Crippen molar-refractivity contribution in [1.82, 2.24) is 4.90 Å². The van der Waals surface area contributed by atoms with Crippen LogP contribution in [-0.2, 0) is 0 Å². The second-order valence-corrected chi connectivity index (χ2v) is 5.59. The molecule has 3 rings (SSSR count). The standard InChI is InChI=1S/C19H21N3O2/c1-3-4-5-6-12-22-17(20)16-11-13-24-19(16)21-18(22)14-7-9-15(23-2)10-8-14/h7-11,13,18,20-21H,3-5H2,1-2H3. The van der Waals surface area contributed by atoms with Crippen molar-refractivity contribution in [3.8, 4) is 17.7 Å². The number of benzene rings is 1. The van der Waals surface area contributed by atoms with Crippen molar-refractivity contribution in [1.29, 1.82) is 5.41 Å². The van der Waals surface area contributed by atoms with Crippen LogP contribution in [-0.4, -0.2) is 17.8 Å². The lowest BCUT2D eigenvalue weighted by atomic mass is 10.1. The predicted octanol–water partition coefficient (Wildman–Crippen LogP) is 4.19. The molecule has 0 aliphatic carbocycles.